The summed E-state index contributed by atoms with van der Waals surface area (Å²) in [5, 5.41) is 10.7. The highest BCUT2D eigenvalue weighted by Gasteiger charge is 2.22. The van der Waals surface area contributed by atoms with Crippen LogP contribution in [0.5, 0.6) is 11.5 Å². The van der Waals surface area contributed by atoms with E-state index in [0.717, 1.165) is 13.6 Å². The summed E-state index contributed by atoms with van der Waals surface area (Å²) >= 11 is 5.69. The fraction of sp³-hybridized carbons (Fsp3) is 0.200. The quantitative estimate of drug-likeness (QED) is 0.714. The summed E-state index contributed by atoms with van der Waals surface area (Å²) in [5.41, 5.74) is 1.40. The van der Waals surface area contributed by atoms with Crippen molar-refractivity contribution < 1.29 is 14.6 Å². The van der Waals surface area contributed by atoms with Gasteiger partial charge in [0, 0.05) is 13.6 Å². The van der Waals surface area contributed by atoms with Gasteiger partial charge in [-0.25, -0.2) is 0 Å². The van der Waals surface area contributed by atoms with Crippen molar-refractivity contribution in [2.75, 3.05) is 14.2 Å². The molecule has 3 nitrogen and oxygen atoms in total. The van der Waals surface area contributed by atoms with E-state index < -0.39 is 6.10 Å². The van der Waals surface area contributed by atoms with E-state index in [9.17, 15) is 5.11 Å². The molecular weight excluding hydrogens is 435 g/mol. The number of ether oxygens (including phenoxy) is 2. The molecule has 0 aromatic heterocycles. The zero-order chi connectivity index (χ0) is 14.7. The van der Waals surface area contributed by atoms with Crippen LogP contribution in [0.15, 0.2) is 40.9 Å². The minimum Gasteiger partial charge on any atom is -0.496 e. The lowest BCUT2D eigenvalue weighted by atomic mass is 9.99. The molecule has 0 amide bonds. The van der Waals surface area contributed by atoms with Gasteiger partial charge < -0.3 is 14.6 Å². The van der Waals surface area contributed by atoms with Gasteiger partial charge in [-0.3, -0.25) is 0 Å². The van der Waals surface area contributed by atoms with Crippen molar-refractivity contribution in [3.8, 4) is 11.5 Å². The number of methoxy groups -OCH3 is 2. The zero-order valence-corrected chi connectivity index (χ0v) is 14.8. The molecule has 106 valence electrons. The van der Waals surface area contributed by atoms with Crippen molar-refractivity contribution in [2.24, 2.45) is 0 Å². The number of hydrogen-bond donors (Lipinski definition) is 1. The topological polar surface area (TPSA) is 38.7 Å². The van der Waals surface area contributed by atoms with Gasteiger partial charge >= 0.3 is 0 Å². The third-order valence-electron chi connectivity index (χ3n) is 2.99. The second-order valence-corrected chi connectivity index (χ2v) is 6.24. The Labute approximate surface area is 140 Å². The average molecular weight is 449 g/mol. The molecule has 0 saturated carbocycles. The van der Waals surface area contributed by atoms with Crippen molar-refractivity contribution in [1.29, 1.82) is 0 Å². The largest absolute Gasteiger partial charge is 0.496 e. The first-order chi connectivity index (χ1) is 9.58. The molecule has 1 unspecified atom stereocenters. The van der Waals surface area contributed by atoms with Crippen LogP contribution in [-0.4, -0.2) is 19.3 Å². The Morgan fingerprint density at radius 3 is 2.25 bits per heavy atom. The molecule has 0 bridgehead atoms. The van der Waals surface area contributed by atoms with Crippen LogP contribution >= 0.6 is 38.5 Å². The Morgan fingerprint density at radius 2 is 1.70 bits per heavy atom. The molecule has 1 N–H and O–H groups in total. The maximum absolute atomic E-state index is 10.7. The van der Waals surface area contributed by atoms with Gasteiger partial charge in [0.25, 0.3) is 0 Å². The molecule has 0 aliphatic carbocycles. The minimum absolute atomic E-state index is 0.600. The van der Waals surface area contributed by atoms with E-state index in [0.29, 0.717) is 17.1 Å². The Bertz CT molecular complexity index is 594. The van der Waals surface area contributed by atoms with Crippen LogP contribution in [0.1, 0.15) is 17.2 Å². The first-order valence-electron chi connectivity index (χ1n) is 5.92. The number of aliphatic hydroxyl groups is 1. The fourth-order valence-corrected chi connectivity index (χ4v) is 3.01. The van der Waals surface area contributed by atoms with Crippen LogP contribution in [0.3, 0.4) is 0 Å². The summed E-state index contributed by atoms with van der Waals surface area (Å²) < 4.78 is 12.6. The molecule has 2 aromatic rings. The number of hydrogen-bond acceptors (Lipinski definition) is 3. The lowest BCUT2D eigenvalue weighted by Gasteiger charge is -2.19. The third-order valence-corrected chi connectivity index (χ3v) is 4.39. The van der Waals surface area contributed by atoms with E-state index in [1.54, 1.807) is 14.2 Å². The van der Waals surface area contributed by atoms with Crippen LogP contribution in [0.2, 0.25) is 0 Å². The molecule has 0 spiro atoms. The molecule has 0 aliphatic rings. The predicted molar refractivity (Wildman–Crippen MR) is 90.5 cm³/mol. The summed E-state index contributed by atoms with van der Waals surface area (Å²) in [5.74, 6) is 1.20. The minimum atomic E-state index is -0.829. The highest BCUT2D eigenvalue weighted by Crippen LogP contribution is 2.39. The number of benzene rings is 2. The smallest absolute Gasteiger partial charge is 0.128 e. The summed E-state index contributed by atoms with van der Waals surface area (Å²) in [6.07, 6.45) is -0.829. The summed E-state index contributed by atoms with van der Waals surface area (Å²) in [4.78, 5) is 0. The first-order valence-corrected chi connectivity index (χ1v) is 7.79. The van der Waals surface area contributed by atoms with Crippen molar-refractivity contribution in [1.82, 2.24) is 0 Å². The molecule has 5 heteroatoms. The zero-order valence-electron chi connectivity index (χ0n) is 11.1. The fourth-order valence-electron chi connectivity index (χ4n) is 2.03. The van der Waals surface area contributed by atoms with Crippen molar-refractivity contribution >= 4 is 38.5 Å². The van der Waals surface area contributed by atoms with E-state index in [-0.39, 0.29) is 0 Å². The Kier molecular flexibility index (Phi) is 5.29. The highest BCUT2D eigenvalue weighted by molar-refractivity contribution is 14.1. The summed E-state index contributed by atoms with van der Waals surface area (Å²) in [6.45, 7) is 0. The van der Waals surface area contributed by atoms with Crippen molar-refractivity contribution in [3.63, 3.8) is 0 Å². The molecule has 0 radical (unpaired) electrons. The van der Waals surface area contributed by atoms with Gasteiger partial charge in [0.2, 0.25) is 0 Å². The maximum atomic E-state index is 10.7. The van der Waals surface area contributed by atoms with E-state index in [4.69, 9.17) is 9.47 Å². The van der Waals surface area contributed by atoms with E-state index in [2.05, 4.69) is 38.5 Å². The summed E-state index contributed by atoms with van der Waals surface area (Å²) in [7, 11) is 3.16. The van der Waals surface area contributed by atoms with Crippen LogP contribution < -0.4 is 9.47 Å². The number of rotatable bonds is 4. The predicted octanol–water partition coefficient (Wildman–Crippen LogP) is 4.15. The second kappa shape index (κ2) is 6.78. The van der Waals surface area contributed by atoms with Gasteiger partial charge in [0.05, 0.1) is 19.8 Å². The van der Waals surface area contributed by atoms with Gasteiger partial charge in [-0.1, -0.05) is 22.0 Å². The monoisotopic (exact) mass is 448 g/mol. The van der Waals surface area contributed by atoms with Crippen LogP contribution in [0.25, 0.3) is 0 Å². The van der Waals surface area contributed by atoms with Gasteiger partial charge in [0.15, 0.2) is 0 Å². The molecule has 0 aliphatic heterocycles. The molecule has 20 heavy (non-hydrogen) atoms. The van der Waals surface area contributed by atoms with Crippen molar-refractivity contribution in [2.45, 2.75) is 6.10 Å². The third kappa shape index (κ3) is 3.10. The molecule has 0 fully saturated rings. The second-order valence-electron chi connectivity index (χ2n) is 4.14. The Morgan fingerprint density at radius 1 is 1.10 bits per heavy atom. The maximum Gasteiger partial charge on any atom is 0.128 e. The normalized spacial score (nSPS) is 12.1. The van der Waals surface area contributed by atoms with E-state index in [1.165, 1.54) is 0 Å². The highest BCUT2D eigenvalue weighted by atomic mass is 127. The van der Waals surface area contributed by atoms with E-state index >= 15 is 0 Å². The Hall–Kier alpha value is -0.790. The van der Waals surface area contributed by atoms with Crippen LogP contribution in [0.4, 0.5) is 0 Å². The van der Waals surface area contributed by atoms with Gasteiger partial charge in [-0.2, -0.15) is 0 Å². The molecule has 2 aromatic carbocycles. The lowest BCUT2D eigenvalue weighted by molar-refractivity contribution is 0.208. The molecule has 2 rings (SSSR count). The SMILES string of the molecule is COc1cccc(OC)c1C(O)c1cc(I)ccc1Br. The van der Waals surface area contributed by atoms with Crippen LogP contribution in [-0.2, 0) is 0 Å². The van der Waals surface area contributed by atoms with Crippen molar-refractivity contribution in [3.05, 3.63) is 55.6 Å². The lowest BCUT2D eigenvalue weighted by Crippen LogP contribution is -2.06. The molecular formula is C15H14BrIO3. The standard InChI is InChI=1S/C15H14BrIO3/c1-19-12-4-3-5-13(20-2)14(12)15(18)10-8-9(17)6-7-11(10)16/h3-8,15,18H,1-2H3. The van der Waals surface area contributed by atoms with Gasteiger partial charge in [-0.05, 0) is 52.9 Å². The van der Waals surface area contributed by atoms with Gasteiger partial charge in [0.1, 0.15) is 17.6 Å². The van der Waals surface area contributed by atoms with Crippen LogP contribution in [0, 0.1) is 3.57 Å². The molecule has 1 atom stereocenters. The number of halogens is 2. The molecule has 0 heterocycles. The van der Waals surface area contributed by atoms with Gasteiger partial charge in [-0.15, -0.1) is 0 Å². The summed E-state index contributed by atoms with van der Waals surface area (Å²) in [6, 6.07) is 11.3. The number of aliphatic hydroxyl groups excluding tert-OH is 1. The molecule has 0 saturated heterocycles. The Balaban J connectivity index is 2.58. The average Bonchev–Trinajstić information content (AvgIpc) is 2.48. The van der Waals surface area contributed by atoms with E-state index in [1.807, 2.05) is 36.4 Å². The first kappa shape index (κ1) is 15.6.